The van der Waals surface area contributed by atoms with Gasteiger partial charge in [0.1, 0.15) is 5.75 Å². The van der Waals surface area contributed by atoms with Gasteiger partial charge < -0.3 is 10.1 Å². The van der Waals surface area contributed by atoms with Gasteiger partial charge in [0.2, 0.25) is 0 Å². The van der Waals surface area contributed by atoms with Crippen molar-refractivity contribution in [2.45, 2.75) is 18.9 Å². The standard InChI is InChI=1S/C13H15N3OS/c1-14-12(11-8-15-16-18-11)10-6-2-4-9-5-3-7-17-13(9)10/h2,4,6,8,12,14H,3,5,7H2,1H3. The molecule has 0 fully saturated rings. The van der Waals surface area contributed by atoms with E-state index in [-0.39, 0.29) is 6.04 Å². The van der Waals surface area contributed by atoms with Crippen LogP contribution in [0.1, 0.15) is 28.5 Å². The Morgan fingerprint density at radius 2 is 2.39 bits per heavy atom. The summed E-state index contributed by atoms with van der Waals surface area (Å²) in [6.07, 6.45) is 4.01. The van der Waals surface area contributed by atoms with Crippen molar-refractivity contribution in [1.82, 2.24) is 14.9 Å². The third-order valence-electron chi connectivity index (χ3n) is 3.23. The molecule has 1 aromatic carbocycles. The van der Waals surface area contributed by atoms with Gasteiger partial charge in [0.15, 0.2) is 0 Å². The van der Waals surface area contributed by atoms with Crippen LogP contribution in [0.15, 0.2) is 24.4 Å². The maximum absolute atomic E-state index is 5.86. The van der Waals surface area contributed by atoms with E-state index in [4.69, 9.17) is 4.74 Å². The molecule has 1 aliphatic rings. The minimum atomic E-state index is 0.109. The van der Waals surface area contributed by atoms with E-state index in [1.807, 2.05) is 13.2 Å². The molecule has 0 amide bonds. The Morgan fingerprint density at radius 3 is 3.17 bits per heavy atom. The van der Waals surface area contributed by atoms with Crippen molar-refractivity contribution in [3.8, 4) is 5.75 Å². The average molecular weight is 261 g/mol. The Morgan fingerprint density at radius 1 is 1.44 bits per heavy atom. The molecule has 2 aromatic rings. The Labute approximate surface area is 110 Å². The summed E-state index contributed by atoms with van der Waals surface area (Å²) in [4.78, 5) is 1.11. The Balaban J connectivity index is 2.05. The third-order valence-corrected chi connectivity index (χ3v) is 3.95. The number of nitrogens with zero attached hydrogens (tertiary/aromatic N) is 2. The van der Waals surface area contributed by atoms with E-state index in [1.165, 1.54) is 22.7 Å². The Bertz CT molecular complexity index is 527. The molecule has 0 spiro atoms. The molecular weight excluding hydrogens is 246 g/mol. The molecule has 0 saturated heterocycles. The monoisotopic (exact) mass is 261 g/mol. The highest BCUT2D eigenvalue weighted by Gasteiger charge is 2.22. The summed E-state index contributed by atoms with van der Waals surface area (Å²) < 4.78 is 9.80. The molecule has 5 heteroatoms. The predicted octanol–water partition coefficient (Wildman–Crippen LogP) is 2.17. The molecule has 0 aliphatic carbocycles. The Hall–Kier alpha value is -1.46. The van der Waals surface area contributed by atoms with Crippen molar-refractivity contribution in [3.63, 3.8) is 0 Å². The van der Waals surface area contributed by atoms with E-state index < -0.39 is 0 Å². The lowest BCUT2D eigenvalue weighted by atomic mass is 9.97. The summed E-state index contributed by atoms with van der Waals surface area (Å²) >= 11 is 1.42. The van der Waals surface area contributed by atoms with Crippen molar-refractivity contribution in [1.29, 1.82) is 0 Å². The van der Waals surface area contributed by atoms with Gasteiger partial charge in [-0.2, -0.15) is 0 Å². The highest BCUT2D eigenvalue weighted by Crippen LogP contribution is 2.36. The van der Waals surface area contributed by atoms with Gasteiger partial charge in [-0.15, -0.1) is 5.10 Å². The molecule has 1 aromatic heterocycles. The number of aromatic nitrogens is 2. The van der Waals surface area contributed by atoms with Gasteiger partial charge in [-0.3, -0.25) is 0 Å². The maximum Gasteiger partial charge on any atom is 0.127 e. The van der Waals surface area contributed by atoms with E-state index in [2.05, 4.69) is 33.1 Å². The van der Waals surface area contributed by atoms with Crippen LogP contribution in [0.5, 0.6) is 5.75 Å². The molecule has 18 heavy (non-hydrogen) atoms. The van der Waals surface area contributed by atoms with Crippen molar-refractivity contribution < 1.29 is 4.74 Å². The van der Waals surface area contributed by atoms with E-state index in [9.17, 15) is 0 Å². The normalized spacial score (nSPS) is 15.8. The van der Waals surface area contributed by atoms with E-state index >= 15 is 0 Å². The first-order valence-corrected chi connectivity index (χ1v) is 6.86. The molecule has 2 heterocycles. The molecule has 0 saturated carbocycles. The van der Waals surface area contributed by atoms with E-state index in [0.29, 0.717) is 0 Å². The van der Waals surface area contributed by atoms with Gasteiger partial charge in [0.05, 0.1) is 23.7 Å². The van der Waals surface area contributed by atoms with Crippen LogP contribution in [0.2, 0.25) is 0 Å². The van der Waals surface area contributed by atoms with Crippen LogP contribution >= 0.6 is 11.5 Å². The second-order valence-corrected chi connectivity index (χ2v) is 5.15. The average Bonchev–Trinajstić information content (AvgIpc) is 2.94. The van der Waals surface area contributed by atoms with Crippen molar-refractivity contribution in [3.05, 3.63) is 40.4 Å². The topological polar surface area (TPSA) is 47.0 Å². The lowest BCUT2D eigenvalue weighted by Gasteiger charge is -2.24. The number of rotatable bonds is 3. The first-order chi connectivity index (χ1) is 8.90. The highest BCUT2D eigenvalue weighted by atomic mass is 32.1. The number of benzene rings is 1. The molecule has 1 aliphatic heterocycles. The molecule has 0 bridgehead atoms. The number of para-hydroxylation sites is 1. The molecule has 3 rings (SSSR count). The summed E-state index contributed by atoms with van der Waals surface area (Å²) in [5.41, 5.74) is 2.48. The van der Waals surface area contributed by atoms with Gasteiger partial charge in [-0.25, -0.2) is 0 Å². The van der Waals surface area contributed by atoms with Crippen molar-refractivity contribution >= 4 is 11.5 Å². The number of nitrogens with one attached hydrogen (secondary N) is 1. The summed E-state index contributed by atoms with van der Waals surface area (Å²) in [7, 11) is 1.95. The van der Waals surface area contributed by atoms with Gasteiger partial charge in [0.25, 0.3) is 0 Å². The first-order valence-electron chi connectivity index (χ1n) is 6.09. The smallest absolute Gasteiger partial charge is 0.127 e. The molecule has 1 N–H and O–H groups in total. The molecular formula is C13H15N3OS. The number of hydrogen-bond donors (Lipinski definition) is 1. The lowest BCUT2D eigenvalue weighted by Crippen LogP contribution is -2.20. The second kappa shape index (κ2) is 5.04. The van der Waals surface area contributed by atoms with Crippen LogP contribution in [-0.4, -0.2) is 23.2 Å². The van der Waals surface area contributed by atoms with E-state index in [0.717, 1.165) is 30.1 Å². The summed E-state index contributed by atoms with van der Waals surface area (Å²) in [6.45, 7) is 0.807. The molecule has 4 nitrogen and oxygen atoms in total. The number of fused-ring (bicyclic) bond motifs is 1. The lowest BCUT2D eigenvalue weighted by molar-refractivity contribution is 0.283. The fourth-order valence-corrected chi connectivity index (χ4v) is 3.03. The van der Waals surface area contributed by atoms with Crippen LogP contribution in [0, 0.1) is 0 Å². The Kier molecular flexibility index (Phi) is 3.25. The number of ether oxygens (including phenoxy) is 1. The van der Waals surface area contributed by atoms with Crippen molar-refractivity contribution in [2.75, 3.05) is 13.7 Å². The van der Waals surface area contributed by atoms with Gasteiger partial charge in [-0.05, 0) is 37.0 Å². The summed E-state index contributed by atoms with van der Waals surface area (Å²) in [5.74, 6) is 1.04. The molecule has 1 unspecified atom stereocenters. The van der Waals surface area contributed by atoms with Gasteiger partial charge in [0, 0.05) is 5.56 Å². The van der Waals surface area contributed by atoms with Crippen LogP contribution in [0.25, 0.3) is 0 Å². The number of hydrogen-bond acceptors (Lipinski definition) is 5. The summed E-state index contributed by atoms with van der Waals surface area (Å²) in [5, 5.41) is 7.24. The van der Waals surface area contributed by atoms with Crippen LogP contribution in [0.3, 0.4) is 0 Å². The van der Waals surface area contributed by atoms with Crippen LogP contribution < -0.4 is 10.1 Å². The minimum absolute atomic E-state index is 0.109. The molecule has 0 radical (unpaired) electrons. The SMILES string of the molecule is CNC(c1cnns1)c1cccc2c1OCCC2. The quantitative estimate of drug-likeness (QED) is 0.920. The van der Waals surface area contributed by atoms with Gasteiger partial charge in [-0.1, -0.05) is 22.7 Å². The first kappa shape index (κ1) is 11.6. The largest absolute Gasteiger partial charge is 0.493 e. The van der Waals surface area contributed by atoms with Crippen molar-refractivity contribution in [2.24, 2.45) is 0 Å². The van der Waals surface area contributed by atoms with Gasteiger partial charge >= 0.3 is 0 Å². The zero-order valence-corrected chi connectivity index (χ0v) is 11.0. The van der Waals surface area contributed by atoms with E-state index in [1.54, 1.807) is 0 Å². The minimum Gasteiger partial charge on any atom is -0.493 e. The highest BCUT2D eigenvalue weighted by molar-refractivity contribution is 7.05. The van der Waals surface area contributed by atoms with Crippen LogP contribution in [0.4, 0.5) is 0 Å². The third kappa shape index (κ3) is 2.00. The summed E-state index contributed by atoms with van der Waals surface area (Å²) in [6, 6.07) is 6.47. The zero-order chi connectivity index (χ0) is 12.4. The maximum atomic E-state index is 5.86. The predicted molar refractivity (Wildman–Crippen MR) is 71.1 cm³/mol. The molecule has 1 atom stereocenters. The zero-order valence-electron chi connectivity index (χ0n) is 10.2. The number of aryl methyl sites for hydroxylation is 1. The fourth-order valence-electron chi connectivity index (χ4n) is 2.39. The second-order valence-electron chi connectivity index (χ2n) is 4.33. The molecule has 94 valence electrons. The van der Waals surface area contributed by atoms with Crippen LogP contribution in [-0.2, 0) is 6.42 Å². The fraction of sp³-hybridized carbons (Fsp3) is 0.385.